The van der Waals surface area contributed by atoms with Gasteiger partial charge in [-0.05, 0) is 49.5 Å². The molecule has 1 aromatic heterocycles. The van der Waals surface area contributed by atoms with Gasteiger partial charge in [0.1, 0.15) is 5.82 Å². The Kier molecular flexibility index (Phi) is 6.17. The lowest BCUT2D eigenvalue weighted by Crippen LogP contribution is -2.39. The molecule has 2 aromatic rings. The first-order valence-corrected chi connectivity index (χ1v) is 9.12. The van der Waals surface area contributed by atoms with E-state index in [4.69, 9.17) is 0 Å². The molecule has 0 amide bonds. The summed E-state index contributed by atoms with van der Waals surface area (Å²) in [6.45, 7) is 5.28. The first-order valence-electron chi connectivity index (χ1n) is 9.12. The number of aromatic nitrogens is 2. The Morgan fingerprint density at radius 2 is 1.92 bits per heavy atom. The monoisotopic (exact) mass is 354 g/mol. The number of benzene rings is 1. The Morgan fingerprint density at radius 3 is 2.54 bits per heavy atom. The summed E-state index contributed by atoms with van der Waals surface area (Å²) in [5.41, 5.74) is 1.51. The summed E-state index contributed by atoms with van der Waals surface area (Å²) in [6, 6.07) is 14.2. The van der Waals surface area contributed by atoms with Crippen molar-refractivity contribution >= 4 is 11.8 Å². The average Bonchev–Trinajstić information content (AvgIpc) is 2.70. The number of carbonyl (C=O) groups is 1. The molecule has 1 unspecified atom stereocenters. The predicted molar refractivity (Wildman–Crippen MR) is 101 cm³/mol. The molecule has 1 saturated heterocycles. The Labute approximate surface area is 154 Å². The number of carbonyl (C=O) groups excluding carboxylic acids is 1. The van der Waals surface area contributed by atoms with Crippen molar-refractivity contribution in [3.05, 3.63) is 53.7 Å². The van der Waals surface area contributed by atoms with Crippen LogP contribution in [-0.2, 0) is 4.74 Å². The zero-order valence-electron chi connectivity index (χ0n) is 15.4. The fourth-order valence-electron chi connectivity index (χ4n) is 3.31. The van der Waals surface area contributed by atoms with Gasteiger partial charge in [0.2, 0.25) is 0 Å². The van der Waals surface area contributed by atoms with Gasteiger partial charge in [0.25, 0.3) is 0 Å². The van der Waals surface area contributed by atoms with E-state index in [2.05, 4.69) is 56.3 Å². The van der Waals surface area contributed by atoms with E-state index in [0.29, 0.717) is 5.82 Å². The molecule has 0 spiro atoms. The third-order valence-corrected chi connectivity index (χ3v) is 4.98. The lowest BCUT2D eigenvalue weighted by Gasteiger charge is -2.37. The van der Waals surface area contributed by atoms with Gasteiger partial charge in [-0.1, -0.05) is 37.3 Å². The van der Waals surface area contributed by atoms with E-state index in [9.17, 15) is 4.79 Å². The molecule has 1 N–H and O–H groups in total. The summed E-state index contributed by atoms with van der Waals surface area (Å²) < 4.78 is 4.65. The van der Waals surface area contributed by atoms with Crippen LogP contribution < -0.4 is 5.32 Å². The molecule has 1 fully saturated rings. The second-order valence-electron chi connectivity index (χ2n) is 6.82. The number of nitrogens with zero attached hydrogens (tertiary/aromatic N) is 3. The average molecular weight is 354 g/mol. The highest BCUT2D eigenvalue weighted by atomic mass is 16.5. The maximum absolute atomic E-state index is 11.5. The van der Waals surface area contributed by atoms with E-state index >= 15 is 0 Å². The molecule has 6 heteroatoms. The molecule has 0 radical (unpaired) electrons. The Balaban J connectivity index is 1.69. The molecule has 6 nitrogen and oxygen atoms in total. The van der Waals surface area contributed by atoms with E-state index in [1.807, 2.05) is 6.07 Å². The molecule has 0 bridgehead atoms. The summed E-state index contributed by atoms with van der Waals surface area (Å²) in [6.07, 6.45) is 2.47. The number of piperidine rings is 1. The standard InChI is InChI=1S/C20H26N4O2/c1-15-10-12-24(13-11-15)18(16-6-4-3-5-7-16)14-21-19-9-8-17(22-23-19)20(25)26-2/h3-9,15,18H,10-14H2,1-2H3,(H,21,23). The van der Waals surface area contributed by atoms with Crippen LogP contribution in [0.25, 0.3) is 0 Å². The van der Waals surface area contributed by atoms with Crippen LogP contribution in [0.3, 0.4) is 0 Å². The van der Waals surface area contributed by atoms with Crippen molar-refractivity contribution in [1.82, 2.24) is 15.1 Å². The third-order valence-electron chi connectivity index (χ3n) is 4.98. The van der Waals surface area contributed by atoms with Gasteiger partial charge in [-0.2, -0.15) is 0 Å². The number of rotatable bonds is 6. The van der Waals surface area contributed by atoms with Crippen LogP contribution in [0.2, 0.25) is 0 Å². The summed E-state index contributed by atoms with van der Waals surface area (Å²) in [4.78, 5) is 14.0. The van der Waals surface area contributed by atoms with Gasteiger partial charge in [0.15, 0.2) is 5.69 Å². The molecule has 1 atom stereocenters. The highest BCUT2D eigenvalue weighted by molar-refractivity contribution is 5.86. The van der Waals surface area contributed by atoms with E-state index in [0.717, 1.165) is 25.6 Å². The van der Waals surface area contributed by atoms with Crippen molar-refractivity contribution in [2.24, 2.45) is 5.92 Å². The predicted octanol–water partition coefficient (Wildman–Crippen LogP) is 3.15. The highest BCUT2D eigenvalue weighted by Crippen LogP contribution is 2.27. The lowest BCUT2D eigenvalue weighted by molar-refractivity contribution is 0.0592. The minimum Gasteiger partial charge on any atom is -0.464 e. The SMILES string of the molecule is COC(=O)c1ccc(NCC(c2ccccc2)N2CCC(C)CC2)nn1. The highest BCUT2D eigenvalue weighted by Gasteiger charge is 2.24. The number of hydrogen-bond donors (Lipinski definition) is 1. The first-order chi connectivity index (χ1) is 12.7. The van der Waals surface area contributed by atoms with Gasteiger partial charge >= 0.3 is 5.97 Å². The smallest absolute Gasteiger partial charge is 0.358 e. The zero-order chi connectivity index (χ0) is 18.4. The summed E-state index contributed by atoms with van der Waals surface area (Å²) in [7, 11) is 1.33. The number of nitrogens with one attached hydrogen (secondary N) is 1. The Bertz CT molecular complexity index is 698. The van der Waals surface area contributed by atoms with E-state index in [-0.39, 0.29) is 11.7 Å². The molecule has 3 rings (SSSR count). The van der Waals surface area contributed by atoms with E-state index in [1.165, 1.54) is 25.5 Å². The van der Waals surface area contributed by atoms with Crippen molar-refractivity contribution < 1.29 is 9.53 Å². The molecule has 1 aromatic carbocycles. The van der Waals surface area contributed by atoms with Crippen LogP contribution in [0.15, 0.2) is 42.5 Å². The normalized spacial score (nSPS) is 16.8. The molecular weight excluding hydrogens is 328 g/mol. The van der Waals surface area contributed by atoms with Gasteiger partial charge in [-0.15, -0.1) is 10.2 Å². The van der Waals surface area contributed by atoms with Gasteiger partial charge in [0.05, 0.1) is 13.2 Å². The second-order valence-corrected chi connectivity index (χ2v) is 6.82. The number of likely N-dealkylation sites (tertiary alicyclic amines) is 1. The van der Waals surface area contributed by atoms with Gasteiger partial charge < -0.3 is 10.1 Å². The maximum Gasteiger partial charge on any atom is 0.358 e. The van der Waals surface area contributed by atoms with Gasteiger partial charge in [0, 0.05) is 6.54 Å². The van der Waals surface area contributed by atoms with Crippen LogP contribution in [-0.4, -0.2) is 47.8 Å². The van der Waals surface area contributed by atoms with E-state index < -0.39 is 5.97 Å². The summed E-state index contributed by atoms with van der Waals surface area (Å²) in [5.74, 6) is 0.977. The quantitative estimate of drug-likeness (QED) is 0.804. The van der Waals surface area contributed by atoms with Crippen molar-refractivity contribution in [2.45, 2.75) is 25.8 Å². The molecule has 1 aliphatic heterocycles. The lowest BCUT2D eigenvalue weighted by atomic mass is 9.95. The van der Waals surface area contributed by atoms with Gasteiger partial charge in [-0.25, -0.2) is 4.79 Å². The number of anilines is 1. The van der Waals surface area contributed by atoms with Crippen molar-refractivity contribution in [3.8, 4) is 0 Å². The van der Waals surface area contributed by atoms with Crippen molar-refractivity contribution in [2.75, 3.05) is 32.1 Å². The molecule has 2 heterocycles. The van der Waals surface area contributed by atoms with Gasteiger partial charge in [-0.3, -0.25) is 4.90 Å². The molecule has 0 saturated carbocycles. The minimum atomic E-state index is -0.478. The number of ether oxygens (including phenoxy) is 1. The van der Waals surface area contributed by atoms with Crippen molar-refractivity contribution in [1.29, 1.82) is 0 Å². The fourth-order valence-corrected chi connectivity index (χ4v) is 3.31. The molecule has 26 heavy (non-hydrogen) atoms. The second kappa shape index (κ2) is 8.76. The zero-order valence-corrected chi connectivity index (χ0v) is 15.4. The number of hydrogen-bond acceptors (Lipinski definition) is 6. The Morgan fingerprint density at radius 1 is 1.19 bits per heavy atom. The fraction of sp³-hybridized carbons (Fsp3) is 0.450. The minimum absolute atomic E-state index is 0.211. The van der Waals surface area contributed by atoms with Crippen LogP contribution >= 0.6 is 0 Å². The van der Waals surface area contributed by atoms with Crippen molar-refractivity contribution in [3.63, 3.8) is 0 Å². The van der Waals surface area contributed by atoms with Crippen LogP contribution in [0.1, 0.15) is 41.9 Å². The Hall–Kier alpha value is -2.47. The maximum atomic E-state index is 11.5. The van der Waals surface area contributed by atoms with Crippen LogP contribution in [0.5, 0.6) is 0 Å². The number of methoxy groups -OCH3 is 1. The summed E-state index contributed by atoms with van der Waals surface area (Å²) >= 11 is 0. The topological polar surface area (TPSA) is 67.3 Å². The summed E-state index contributed by atoms with van der Waals surface area (Å²) in [5, 5.41) is 11.4. The molecule has 1 aliphatic rings. The van der Waals surface area contributed by atoms with E-state index in [1.54, 1.807) is 12.1 Å². The molecule has 138 valence electrons. The largest absolute Gasteiger partial charge is 0.464 e. The first kappa shape index (κ1) is 18.3. The number of esters is 1. The molecule has 0 aliphatic carbocycles. The van der Waals surface area contributed by atoms with Crippen LogP contribution in [0.4, 0.5) is 5.82 Å². The molecular formula is C20H26N4O2. The third kappa shape index (κ3) is 4.58. The van der Waals surface area contributed by atoms with Crippen LogP contribution in [0, 0.1) is 5.92 Å².